The number of Topliss-reactive ketones (excluding diaryl/α,β-unsaturated/α-hetero) is 1. The van der Waals surface area contributed by atoms with Gasteiger partial charge in [0.15, 0.2) is 11.9 Å². The largest absolute Gasteiger partial charge is 0.381 e. The maximum Gasteiger partial charge on any atom is 0.169 e. The van der Waals surface area contributed by atoms with Crippen LogP contribution >= 0.6 is 0 Å². The summed E-state index contributed by atoms with van der Waals surface area (Å²) in [6.45, 7) is 5.37. The molecule has 0 N–H and O–H groups in total. The lowest BCUT2D eigenvalue weighted by Gasteiger charge is -2.34. The van der Waals surface area contributed by atoms with Crippen molar-refractivity contribution in [2.45, 2.75) is 63.4 Å². The van der Waals surface area contributed by atoms with E-state index in [1.165, 1.54) is 12.0 Å². The molecule has 3 atom stereocenters. The highest BCUT2D eigenvalue weighted by molar-refractivity contribution is 5.91. The molecular formula is C22H30O3. The van der Waals surface area contributed by atoms with Gasteiger partial charge in [0, 0.05) is 18.9 Å². The number of carbonyl (C=O) groups is 1. The molecule has 136 valence electrons. The average molecular weight is 342 g/mol. The molecule has 1 aromatic rings. The molecule has 2 saturated heterocycles. The summed E-state index contributed by atoms with van der Waals surface area (Å²) in [4.78, 5) is 13.1. The first-order valence-electron chi connectivity index (χ1n) is 9.76. The van der Waals surface area contributed by atoms with Crippen molar-refractivity contribution in [1.82, 2.24) is 0 Å². The molecule has 25 heavy (non-hydrogen) atoms. The number of fused-ring (bicyclic) bond motifs is 3. The van der Waals surface area contributed by atoms with Crippen LogP contribution in [-0.2, 0) is 14.3 Å². The summed E-state index contributed by atoms with van der Waals surface area (Å²) in [7, 11) is 0. The van der Waals surface area contributed by atoms with Crippen molar-refractivity contribution in [1.29, 1.82) is 0 Å². The van der Waals surface area contributed by atoms with Gasteiger partial charge in [0.2, 0.25) is 0 Å². The predicted molar refractivity (Wildman–Crippen MR) is 98.9 cm³/mol. The summed E-state index contributed by atoms with van der Waals surface area (Å²) >= 11 is 0. The van der Waals surface area contributed by atoms with Gasteiger partial charge in [-0.05, 0) is 37.2 Å². The van der Waals surface area contributed by atoms with Gasteiger partial charge in [-0.3, -0.25) is 4.79 Å². The Labute approximate surface area is 152 Å². The van der Waals surface area contributed by atoms with E-state index in [9.17, 15) is 4.79 Å². The first kappa shape index (κ1) is 18.6. The quantitative estimate of drug-likeness (QED) is 0.740. The third-order valence-corrected chi connectivity index (χ3v) is 5.43. The van der Waals surface area contributed by atoms with Crippen LogP contribution in [0.15, 0.2) is 30.3 Å². The fourth-order valence-corrected chi connectivity index (χ4v) is 4.01. The number of rotatable bonds is 6. The number of ether oxygens (including phenoxy) is 2. The molecule has 1 aromatic carbocycles. The zero-order chi connectivity index (χ0) is 17.5. The third-order valence-electron chi connectivity index (χ3n) is 5.43. The van der Waals surface area contributed by atoms with Crippen molar-refractivity contribution < 1.29 is 14.3 Å². The lowest BCUT2D eigenvalue weighted by atomic mass is 9.84. The van der Waals surface area contributed by atoms with Crippen LogP contribution in [0.3, 0.4) is 0 Å². The SMILES string of the molecule is [CH2]CCC(CC(=O)[C]1OC2CCCCC1COCC2)c1ccccc1. The van der Waals surface area contributed by atoms with E-state index in [2.05, 4.69) is 19.1 Å². The molecule has 0 aliphatic carbocycles. The molecule has 3 nitrogen and oxygen atoms in total. The minimum atomic E-state index is 0.131. The number of carbonyl (C=O) groups excluding carboxylic acids is 1. The van der Waals surface area contributed by atoms with E-state index in [0.717, 1.165) is 45.1 Å². The van der Waals surface area contributed by atoms with E-state index in [-0.39, 0.29) is 23.7 Å². The van der Waals surface area contributed by atoms with E-state index in [1.807, 2.05) is 18.2 Å². The second-order valence-corrected chi connectivity index (χ2v) is 7.33. The van der Waals surface area contributed by atoms with Gasteiger partial charge in [-0.2, -0.15) is 0 Å². The fraction of sp³-hybridized carbons (Fsp3) is 0.591. The van der Waals surface area contributed by atoms with Crippen LogP contribution in [-0.4, -0.2) is 25.1 Å². The second-order valence-electron chi connectivity index (χ2n) is 7.33. The Morgan fingerprint density at radius 1 is 1.16 bits per heavy atom. The van der Waals surface area contributed by atoms with Crippen LogP contribution in [0.2, 0.25) is 0 Å². The molecule has 2 aliphatic rings. The molecule has 3 rings (SSSR count). The summed E-state index contributed by atoms with van der Waals surface area (Å²) in [6, 6.07) is 10.3. The highest BCUT2D eigenvalue weighted by Crippen LogP contribution is 2.35. The fourth-order valence-electron chi connectivity index (χ4n) is 4.01. The molecule has 0 amide bonds. The molecule has 2 radical (unpaired) electrons. The monoisotopic (exact) mass is 342 g/mol. The molecule has 2 fully saturated rings. The maximum absolute atomic E-state index is 13.1. The highest BCUT2D eigenvalue weighted by Gasteiger charge is 2.36. The Kier molecular flexibility index (Phi) is 7.06. The van der Waals surface area contributed by atoms with E-state index < -0.39 is 0 Å². The van der Waals surface area contributed by atoms with Crippen molar-refractivity contribution in [2.24, 2.45) is 5.92 Å². The maximum atomic E-state index is 13.1. The first-order chi connectivity index (χ1) is 12.3. The van der Waals surface area contributed by atoms with Crippen LogP contribution in [0.25, 0.3) is 0 Å². The van der Waals surface area contributed by atoms with Crippen LogP contribution in [0.5, 0.6) is 0 Å². The molecule has 3 unspecified atom stereocenters. The Hall–Kier alpha value is -1.19. The normalized spacial score (nSPS) is 26.3. The van der Waals surface area contributed by atoms with Crippen molar-refractivity contribution in [3.05, 3.63) is 48.9 Å². The van der Waals surface area contributed by atoms with Crippen LogP contribution in [0, 0.1) is 18.9 Å². The number of hydrogen-bond donors (Lipinski definition) is 0. The van der Waals surface area contributed by atoms with Gasteiger partial charge < -0.3 is 9.47 Å². The van der Waals surface area contributed by atoms with Crippen molar-refractivity contribution >= 4 is 5.78 Å². The molecule has 0 spiro atoms. The smallest absolute Gasteiger partial charge is 0.169 e. The molecule has 3 heteroatoms. The van der Waals surface area contributed by atoms with Crippen LogP contribution < -0.4 is 0 Å². The van der Waals surface area contributed by atoms with Crippen molar-refractivity contribution in [2.75, 3.05) is 13.2 Å². The first-order valence-corrected chi connectivity index (χ1v) is 9.76. The summed E-state index contributed by atoms with van der Waals surface area (Å²) in [5, 5.41) is 0. The lowest BCUT2D eigenvalue weighted by molar-refractivity contribution is -0.133. The third kappa shape index (κ3) is 5.15. The summed E-state index contributed by atoms with van der Waals surface area (Å²) in [5.74, 6) is 0.521. The van der Waals surface area contributed by atoms with Crippen molar-refractivity contribution in [3.8, 4) is 0 Å². The van der Waals surface area contributed by atoms with Gasteiger partial charge in [-0.15, -0.1) is 0 Å². The van der Waals surface area contributed by atoms with E-state index >= 15 is 0 Å². The van der Waals surface area contributed by atoms with Gasteiger partial charge in [-0.1, -0.05) is 56.5 Å². The van der Waals surface area contributed by atoms with Crippen molar-refractivity contribution in [3.63, 3.8) is 0 Å². The lowest BCUT2D eigenvalue weighted by Crippen LogP contribution is -2.36. The number of benzene rings is 1. The van der Waals surface area contributed by atoms with Gasteiger partial charge in [0.05, 0.1) is 12.7 Å². The Bertz CT molecular complexity index is 515. The molecular weight excluding hydrogens is 312 g/mol. The molecule has 2 heterocycles. The Morgan fingerprint density at radius 3 is 2.76 bits per heavy atom. The van der Waals surface area contributed by atoms with E-state index in [0.29, 0.717) is 19.1 Å². The van der Waals surface area contributed by atoms with Gasteiger partial charge in [-0.25, -0.2) is 0 Å². The molecule has 2 aliphatic heterocycles. The van der Waals surface area contributed by atoms with Gasteiger partial charge in [0.25, 0.3) is 0 Å². The molecule has 0 aromatic heterocycles. The minimum absolute atomic E-state index is 0.131. The highest BCUT2D eigenvalue weighted by atomic mass is 16.5. The summed E-state index contributed by atoms with van der Waals surface area (Å²) in [6.07, 6.45) is 8.38. The summed E-state index contributed by atoms with van der Waals surface area (Å²) < 4.78 is 12.0. The molecule has 0 saturated carbocycles. The van der Waals surface area contributed by atoms with Crippen LogP contribution in [0.1, 0.15) is 62.8 Å². The zero-order valence-electron chi connectivity index (χ0n) is 15.1. The van der Waals surface area contributed by atoms with Crippen LogP contribution in [0.4, 0.5) is 0 Å². The van der Waals surface area contributed by atoms with E-state index in [1.54, 1.807) is 0 Å². The summed E-state index contributed by atoms with van der Waals surface area (Å²) in [5.41, 5.74) is 1.22. The number of ketones is 1. The minimum Gasteiger partial charge on any atom is -0.381 e. The topological polar surface area (TPSA) is 35.5 Å². The second kappa shape index (κ2) is 9.49. The van der Waals surface area contributed by atoms with Gasteiger partial charge in [0.1, 0.15) is 0 Å². The Morgan fingerprint density at radius 2 is 1.96 bits per heavy atom. The standard InChI is InChI=1S/C22H30O3/c1-2-8-18(17-9-4-3-5-10-17)15-21(23)22-19-11-6-7-12-20(25-22)13-14-24-16-19/h3-5,9-10,18-20H,1-2,6-8,11-16H2. The van der Waals surface area contributed by atoms with Gasteiger partial charge >= 0.3 is 0 Å². The zero-order valence-corrected chi connectivity index (χ0v) is 15.1. The Balaban J connectivity index is 1.72. The average Bonchev–Trinajstić information content (AvgIpc) is 2.61. The van der Waals surface area contributed by atoms with E-state index in [4.69, 9.17) is 9.47 Å². The predicted octanol–water partition coefficient (Wildman–Crippen LogP) is 4.87. The molecule has 2 bridgehead atoms. The number of hydrogen-bond acceptors (Lipinski definition) is 3.